The fraction of sp³-hybridized carbons (Fsp3) is 0.417. The molecule has 2 nitrogen and oxygen atoms in total. The number of aryl methyl sites for hydroxylation is 2. The molecule has 0 aliphatic heterocycles. The number of aromatic nitrogens is 2. The van der Waals surface area contributed by atoms with E-state index in [0.717, 1.165) is 11.3 Å². The topological polar surface area (TPSA) is 17.8 Å². The van der Waals surface area contributed by atoms with Crippen LogP contribution in [0, 0.1) is 13.8 Å². The summed E-state index contributed by atoms with van der Waals surface area (Å²) in [6, 6.07) is 6.76. The molecule has 0 radical (unpaired) electrons. The Morgan fingerprint density at radius 3 is 2.57 bits per heavy atom. The molecule has 0 amide bonds. The van der Waals surface area contributed by atoms with Crippen LogP contribution < -0.4 is 0 Å². The normalized spacial score (nSPS) is 11.5. The second-order valence-electron chi connectivity index (χ2n) is 4.07. The zero-order chi connectivity index (χ0) is 10.3. The molecule has 0 aliphatic rings. The summed E-state index contributed by atoms with van der Waals surface area (Å²) in [5.74, 6) is 1.10. The van der Waals surface area contributed by atoms with Gasteiger partial charge in [-0.1, -0.05) is 12.1 Å². The Morgan fingerprint density at radius 2 is 1.93 bits per heavy atom. The number of nitrogens with zero attached hydrogens (tertiary/aromatic N) is 2. The minimum Gasteiger partial charge on any atom is -0.325 e. The number of fused-ring (bicyclic) bond motifs is 1. The van der Waals surface area contributed by atoms with Gasteiger partial charge < -0.3 is 4.57 Å². The number of imidazole rings is 1. The van der Waals surface area contributed by atoms with Gasteiger partial charge in [-0.15, -0.1) is 0 Å². The predicted octanol–water partition coefficient (Wildman–Crippen LogP) is 3.23. The fourth-order valence-electron chi connectivity index (χ4n) is 2.07. The first kappa shape index (κ1) is 9.25. The lowest BCUT2D eigenvalue weighted by Crippen LogP contribution is -2.03. The number of benzene rings is 1. The van der Waals surface area contributed by atoms with Crippen molar-refractivity contribution in [2.24, 2.45) is 0 Å². The SMILES string of the molecule is Cc1cccc2nc(C)n(C(C)C)c12. The average molecular weight is 188 g/mol. The van der Waals surface area contributed by atoms with E-state index < -0.39 is 0 Å². The van der Waals surface area contributed by atoms with E-state index >= 15 is 0 Å². The van der Waals surface area contributed by atoms with Crippen molar-refractivity contribution in [2.45, 2.75) is 33.7 Å². The lowest BCUT2D eigenvalue weighted by Gasteiger charge is -2.11. The molecule has 2 aromatic rings. The summed E-state index contributed by atoms with van der Waals surface area (Å²) >= 11 is 0. The van der Waals surface area contributed by atoms with Crippen LogP contribution in [0.2, 0.25) is 0 Å². The van der Waals surface area contributed by atoms with E-state index in [-0.39, 0.29) is 0 Å². The van der Waals surface area contributed by atoms with Crippen molar-refractivity contribution in [3.63, 3.8) is 0 Å². The summed E-state index contributed by atoms with van der Waals surface area (Å²) in [6.45, 7) is 8.60. The first-order chi connectivity index (χ1) is 6.61. The molecule has 0 bridgehead atoms. The lowest BCUT2D eigenvalue weighted by atomic mass is 10.2. The van der Waals surface area contributed by atoms with Crippen LogP contribution in [0.4, 0.5) is 0 Å². The number of para-hydroxylation sites is 1. The van der Waals surface area contributed by atoms with E-state index in [9.17, 15) is 0 Å². The zero-order valence-corrected chi connectivity index (χ0v) is 9.20. The number of hydrogen-bond acceptors (Lipinski definition) is 1. The summed E-state index contributed by atoms with van der Waals surface area (Å²) in [5, 5.41) is 0. The number of rotatable bonds is 1. The molecule has 0 atom stereocenters. The molecule has 2 rings (SSSR count). The molecule has 1 heterocycles. The zero-order valence-electron chi connectivity index (χ0n) is 9.20. The molecule has 0 fully saturated rings. The Hall–Kier alpha value is -1.31. The van der Waals surface area contributed by atoms with Crippen molar-refractivity contribution in [1.29, 1.82) is 0 Å². The lowest BCUT2D eigenvalue weighted by molar-refractivity contribution is 0.599. The third kappa shape index (κ3) is 1.22. The van der Waals surface area contributed by atoms with Crippen molar-refractivity contribution in [1.82, 2.24) is 9.55 Å². The Labute approximate surface area is 84.6 Å². The maximum absolute atomic E-state index is 4.56. The van der Waals surface area contributed by atoms with Gasteiger partial charge >= 0.3 is 0 Å². The van der Waals surface area contributed by atoms with Gasteiger partial charge in [0.25, 0.3) is 0 Å². The minimum absolute atomic E-state index is 0.473. The van der Waals surface area contributed by atoms with Crippen LogP contribution in [0.1, 0.15) is 31.3 Å². The van der Waals surface area contributed by atoms with Gasteiger partial charge in [-0.3, -0.25) is 0 Å². The standard InChI is InChI=1S/C12H16N2/c1-8(2)14-10(4)13-11-7-5-6-9(3)12(11)14/h5-8H,1-4H3. The van der Waals surface area contributed by atoms with Gasteiger partial charge in [0, 0.05) is 6.04 Å². The Balaban J connectivity index is 2.86. The Bertz CT molecular complexity index is 466. The van der Waals surface area contributed by atoms with E-state index in [0.29, 0.717) is 6.04 Å². The molecular formula is C12H16N2. The van der Waals surface area contributed by atoms with Gasteiger partial charge in [-0.05, 0) is 39.3 Å². The van der Waals surface area contributed by atoms with Crippen molar-refractivity contribution in [3.05, 3.63) is 29.6 Å². The molecule has 0 aliphatic carbocycles. The second-order valence-corrected chi connectivity index (χ2v) is 4.07. The van der Waals surface area contributed by atoms with E-state index in [1.807, 2.05) is 0 Å². The molecule has 14 heavy (non-hydrogen) atoms. The largest absolute Gasteiger partial charge is 0.325 e. The monoisotopic (exact) mass is 188 g/mol. The van der Waals surface area contributed by atoms with Gasteiger partial charge in [-0.25, -0.2) is 4.98 Å². The highest BCUT2D eigenvalue weighted by Gasteiger charge is 2.10. The van der Waals surface area contributed by atoms with Crippen LogP contribution in [-0.4, -0.2) is 9.55 Å². The van der Waals surface area contributed by atoms with E-state index in [1.54, 1.807) is 0 Å². The highest BCUT2D eigenvalue weighted by molar-refractivity contribution is 5.79. The van der Waals surface area contributed by atoms with Crippen LogP contribution in [0.15, 0.2) is 18.2 Å². The van der Waals surface area contributed by atoms with Crippen molar-refractivity contribution < 1.29 is 0 Å². The quantitative estimate of drug-likeness (QED) is 0.671. The van der Waals surface area contributed by atoms with Crippen LogP contribution in [0.25, 0.3) is 11.0 Å². The molecule has 2 heteroatoms. The summed E-state index contributed by atoms with van der Waals surface area (Å²) in [4.78, 5) is 4.56. The molecule has 0 unspecified atom stereocenters. The van der Waals surface area contributed by atoms with E-state index in [2.05, 4.69) is 55.4 Å². The van der Waals surface area contributed by atoms with Crippen LogP contribution in [0.5, 0.6) is 0 Å². The predicted molar refractivity (Wildman–Crippen MR) is 59.6 cm³/mol. The number of hydrogen-bond donors (Lipinski definition) is 0. The molecule has 0 saturated carbocycles. The Morgan fingerprint density at radius 1 is 1.21 bits per heavy atom. The summed E-state index contributed by atoms with van der Waals surface area (Å²) < 4.78 is 2.30. The summed E-state index contributed by atoms with van der Waals surface area (Å²) in [5.41, 5.74) is 3.69. The second kappa shape index (κ2) is 3.12. The molecular weight excluding hydrogens is 172 g/mol. The molecule has 74 valence electrons. The third-order valence-electron chi connectivity index (χ3n) is 2.60. The molecule has 0 N–H and O–H groups in total. The van der Waals surface area contributed by atoms with E-state index in [4.69, 9.17) is 0 Å². The third-order valence-corrected chi connectivity index (χ3v) is 2.60. The van der Waals surface area contributed by atoms with Crippen molar-refractivity contribution >= 4 is 11.0 Å². The van der Waals surface area contributed by atoms with Crippen LogP contribution >= 0.6 is 0 Å². The van der Waals surface area contributed by atoms with Crippen LogP contribution in [-0.2, 0) is 0 Å². The van der Waals surface area contributed by atoms with Crippen LogP contribution in [0.3, 0.4) is 0 Å². The molecule has 0 saturated heterocycles. The molecule has 1 aromatic carbocycles. The highest BCUT2D eigenvalue weighted by Crippen LogP contribution is 2.23. The molecule has 0 spiro atoms. The van der Waals surface area contributed by atoms with Gasteiger partial charge in [0.15, 0.2) is 0 Å². The summed E-state index contributed by atoms with van der Waals surface area (Å²) in [6.07, 6.45) is 0. The highest BCUT2D eigenvalue weighted by atomic mass is 15.1. The molecule has 1 aromatic heterocycles. The average Bonchev–Trinajstić information content (AvgIpc) is 2.42. The van der Waals surface area contributed by atoms with E-state index in [1.165, 1.54) is 11.1 Å². The first-order valence-corrected chi connectivity index (χ1v) is 5.05. The van der Waals surface area contributed by atoms with Gasteiger partial charge in [0.2, 0.25) is 0 Å². The van der Waals surface area contributed by atoms with Crippen molar-refractivity contribution in [3.8, 4) is 0 Å². The summed E-state index contributed by atoms with van der Waals surface area (Å²) in [7, 11) is 0. The first-order valence-electron chi connectivity index (χ1n) is 5.05. The smallest absolute Gasteiger partial charge is 0.106 e. The van der Waals surface area contributed by atoms with Gasteiger partial charge in [-0.2, -0.15) is 0 Å². The maximum Gasteiger partial charge on any atom is 0.106 e. The van der Waals surface area contributed by atoms with Gasteiger partial charge in [0.05, 0.1) is 11.0 Å². The van der Waals surface area contributed by atoms with Crippen molar-refractivity contribution in [2.75, 3.05) is 0 Å². The fourth-order valence-corrected chi connectivity index (χ4v) is 2.07. The maximum atomic E-state index is 4.56. The van der Waals surface area contributed by atoms with Gasteiger partial charge in [0.1, 0.15) is 5.82 Å². The minimum atomic E-state index is 0.473. The Kier molecular flexibility index (Phi) is 2.06.